The molecule has 1 saturated carbocycles. The van der Waals surface area contributed by atoms with E-state index in [1.54, 1.807) is 0 Å². The second kappa shape index (κ2) is 4.10. The Morgan fingerprint density at radius 2 is 2.00 bits per heavy atom. The van der Waals surface area contributed by atoms with Crippen LogP contribution in [0.5, 0.6) is 0 Å². The molecule has 0 aromatic heterocycles. The number of hydrogen-bond donors (Lipinski definition) is 1. The standard InChI is InChI=1S/C10H20O/c1-8-5-3-4-6-10(8)7-9(2)11/h8-11H,3-7H2,1-2H3/t8-,9?,10?/m1/s1. The Labute approximate surface area is 69.8 Å². The predicted molar refractivity (Wildman–Crippen MR) is 47.4 cm³/mol. The molecule has 1 N–H and O–H groups in total. The Balaban J connectivity index is 2.29. The average molecular weight is 156 g/mol. The molecule has 1 aliphatic rings. The highest BCUT2D eigenvalue weighted by Crippen LogP contribution is 2.32. The minimum atomic E-state index is -0.0967. The molecule has 1 heteroatoms. The second-order valence-corrected chi connectivity index (χ2v) is 4.11. The van der Waals surface area contributed by atoms with Gasteiger partial charge in [0.1, 0.15) is 0 Å². The summed E-state index contributed by atoms with van der Waals surface area (Å²) in [5, 5.41) is 9.22. The lowest BCUT2D eigenvalue weighted by molar-refractivity contribution is 0.123. The molecule has 0 radical (unpaired) electrons. The van der Waals surface area contributed by atoms with Crippen molar-refractivity contribution in [3.05, 3.63) is 0 Å². The molecule has 3 atom stereocenters. The Hall–Kier alpha value is -0.0400. The van der Waals surface area contributed by atoms with Crippen LogP contribution in [-0.4, -0.2) is 11.2 Å². The van der Waals surface area contributed by atoms with Gasteiger partial charge in [0.15, 0.2) is 0 Å². The molecule has 0 aromatic carbocycles. The first-order valence-corrected chi connectivity index (χ1v) is 4.88. The Bertz CT molecular complexity index is 109. The van der Waals surface area contributed by atoms with Crippen molar-refractivity contribution in [2.75, 3.05) is 0 Å². The molecule has 0 aromatic rings. The molecule has 66 valence electrons. The highest BCUT2D eigenvalue weighted by molar-refractivity contribution is 4.73. The van der Waals surface area contributed by atoms with E-state index in [0.717, 1.165) is 18.3 Å². The predicted octanol–water partition coefficient (Wildman–Crippen LogP) is 2.58. The SMILES string of the molecule is CC(O)CC1CCCC[C@H]1C. The van der Waals surface area contributed by atoms with Gasteiger partial charge in [-0.2, -0.15) is 0 Å². The van der Waals surface area contributed by atoms with E-state index in [1.807, 2.05) is 6.92 Å². The molecule has 11 heavy (non-hydrogen) atoms. The quantitative estimate of drug-likeness (QED) is 0.651. The summed E-state index contributed by atoms with van der Waals surface area (Å²) >= 11 is 0. The Morgan fingerprint density at radius 3 is 2.55 bits per heavy atom. The fraction of sp³-hybridized carbons (Fsp3) is 1.00. The monoisotopic (exact) mass is 156 g/mol. The molecular weight excluding hydrogens is 136 g/mol. The molecule has 1 fully saturated rings. The van der Waals surface area contributed by atoms with Crippen LogP contribution in [0.25, 0.3) is 0 Å². The summed E-state index contributed by atoms with van der Waals surface area (Å²) < 4.78 is 0. The van der Waals surface area contributed by atoms with Gasteiger partial charge in [0.25, 0.3) is 0 Å². The van der Waals surface area contributed by atoms with Gasteiger partial charge < -0.3 is 5.11 Å². The summed E-state index contributed by atoms with van der Waals surface area (Å²) in [6.07, 6.45) is 6.41. The summed E-state index contributed by atoms with van der Waals surface area (Å²) in [7, 11) is 0. The van der Waals surface area contributed by atoms with E-state index in [4.69, 9.17) is 0 Å². The van der Waals surface area contributed by atoms with Crippen LogP contribution in [0.15, 0.2) is 0 Å². The maximum absolute atomic E-state index is 9.22. The molecule has 0 bridgehead atoms. The van der Waals surface area contributed by atoms with Gasteiger partial charge in [-0.15, -0.1) is 0 Å². The van der Waals surface area contributed by atoms with Crippen LogP contribution in [0, 0.1) is 11.8 Å². The van der Waals surface area contributed by atoms with E-state index in [0.29, 0.717) is 0 Å². The van der Waals surface area contributed by atoms with Gasteiger partial charge in [-0.05, 0) is 25.2 Å². The smallest absolute Gasteiger partial charge is 0.0514 e. The van der Waals surface area contributed by atoms with Gasteiger partial charge in [0.05, 0.1) is 6.10 Å². The van der Waals surface area contributed by atoms with Crippen LogP contribution < -0.4 is 0 Å². The van der Waals surface area contributed by atoms with Crippen LogP contribution >= 0.6 is 0 Å². The van der Waals surface area contributed by atoms with Gasteiger partial charge >= 0.3 is 0 Å². The first-order valence-electron chi connectivity index (χ1n) is 4.88. The molecule has 0 amide bonds. The number of rotatable bonds is 2. The van der Waals surface area contributed by atoms with Crippen molar-refractivity contribution in [2.24, 2.45) is 11.8 Å². The molecule has 2 unspecified atom stereocenters. The van der Waals surface area contributed by atoms with E-state index >= 15 is 0 Å². The topological polar surface area (TPSA) is 20.2 Å². The molecule has 0 heterocycles. The minimum absolute atomic E-state index is 0.0967. The van der Waals surface area contributed by atoms with Gasteiger partial charge in [-0.1, -0.05) is 32.6 Å². The largest absolute Gasteiger partial charge is 0.393 e. The zero-order valence-corrected chi connectivity index (χ0v) is 7.71. The highest BCUT2D eigenvalue weighted by Gasteiger charge is 2.21. The van der Waals surface area contributed by atoms with Gasteiger partial charge in [0.2, 0.25) is 0 Å². The third-order valence-electron chi connectivity index (χ3n) is 2.93. The molecule has 1 nitrogen and oxygen atoms in total. The zero-order chi connectivity index (χ0) is 8.27. The van der Waals surface area contributed by atoms with Crippen LogP contribution in [0.4, 0.5) is 0 Å². The van der Waals surface area contributed by atoms with Crippen LogP contribution in [-0.2, 0) is 0 Å². The van der Waals surface area contributed by atoms with Crippen molar-refractivity contribution in [3.8, 4) is 0 Å². The molecule has 1 rings (SSSR count). The van der Waals surface area contributed by atoms with Crippen molar-refractivity contribution < 1.29 is 5.11 Å². The van der Waals surface area contributed by atoms with Gasteiger partial charge in [-0.25, -0.2) is 0 Å². The first-order chi connectivity index (χ1) is 5.20. The first kappa shape index (κ1) is 9.05. The number of hydrogen-bond acceptors (Lipinski definition) is 1. The summed E-state index contributed by atoms with van der Waals surface area (Å²) in [4.78, 5) is 0. The van der Waals surface area contributed by atoms with Crippen LogP contribution in [0.3, 0.4) is 0 Å². The maximum atomic E-state index is 9.22. The van der Waals surface area contributed by atoms with E-state index < -0.39 is 0 Å². The summed E-state index contributed by atoms with van der Waals surface area (Å²) in [5.41, 5.74) is 0. The average Bonchev–Trinajstić information content (AvgIpc) is 1.93. The fourth-order valence-corrected chi connectivity index (χ4v) is 2.18. The lowest BCUT2D eigenvalue weighted by Gasteiger charge is -2.29. The van der Waals surface area contributed by atoms with Crippen molar-refractivity contribution >= 4 is 0 Å². The number of aliphatic hydroxyl groups excluding tert-OH is 1. The molecule has 0 aliphatic heterocycles. The fourth-order valence-electron chi connectivity index (χ4n) is 2.18. The lowest BCUT2D eigenvalue weighted by Crippen LogP contribution is -2.20. The van der Waals surface area contributed by atoms with Crippen LogP contribution in [0.1, 0.15) is 46.0 Å². The van der Waals surface area contributed by atoms with E-state index in [2.05, 4.69) is 6.92 Å². The maximum Gasteiger partial charge on any atom is 0.0514 e. The van der Waals surface area contributed by atoms with Crippen molar-refractivity contribution in [1.29, 1.82) is 0 Å². The third kappa shape index (κ3) is 2.82. The summed E-state index contributed by atoms with van der Waals surface area (Å²) in [6.45, 7) is 4.23. The van der Waals surface area contributed by atoms with Gasteiger partial charge in [-0.3, -0.25) is 0 Å². The van der Waals surface area contributed by atoms with E-state index in [-0.39, 0.29) is 6.10 Å². The molecule has 1 aliphatic carbocycles. The summed E-state index contributed by atoms with van der Waals surface area (Å²) in [6, 6.07) is 0. The normalized spacial score (nSPS) is 35.2. The van der Waals surface area contributed by atoms with E-state index in [1.165, 1.54) is 25.7 Å². The molecular formula is C10H20O. The second-order valence-electron chi connectivity index (χ2n) is 4.11. The third-order valence-corrected chi connectivity index (χ3v) is 2.93. The van der Waals surface area contributed by atoms with Crippen molar-refractivity contribution in [2.45, 2.75) is 52.1 Å². The van der Waals surface area contributed by atoms with Crippen LogP contribution in [0.2, 0.25) is 0 Å². The zero-order valence-electron chi connectivity index (χ0n) is 7.71. The van der Waals surface area contributed by atoms with Gasteiger partial charge in [0, 0.05) is 0 Å². The minimum Gasteiger partial charge on any atom is -0.393 e. The van der Waals surface area contributed by atoms with E-state index in [9.17, 15) is 5.11 Å². The van der Waals surface area contributed by atoms with Crippen molar-refractivity contribution in [3.63, 3.8) is 0 Å². The lowest BCUT2D eigenvalue weighted by atomic mass is 9.78. The number of aliphatic hydroxyl groups is 1. The molecule has 0 saturated heterocycles. The summed E-state index contributed by atoms with van der Waals surface area (Å²) in [5.74, 6) is 1.64. The Morgan fingerprint density at radius 1 is 1.36 bits per heavy atom. The Kier molecular flexibility index (Phi) is 3.38. The highest BCUT2D eigenvalue weighted by atomic mass is 16.3. The van der Waals surface area contributed by atoms with Crippen molar-refractivity contribution in [1.82, 2.24) is 0 Å². The molecule has 0 spiro atoms.